The van der Waals surface area contributed by atoms with Gasteiger partial charge in [0.2, 0.25) is 0 Å². The Kier molecular flexibility index (Phi) is 9.85. The summed E-state index contributed by atoms with van der Waals surface area (Å²) >= 11 is 1.15. The molecule has 0 fully saturated rings. The quantitative estimate of drug-likeness (QED) is 0.223. The van der Waals surface area contributed by atoms with Crippen LogP contribution in [0.3, 0.4) is 0 Å². The van der Waals surface area contributed by atoms with Crippen molar-refractivity contribution in [2.24, 2.45) is 5.73 Å². The third kappa shape index (κ3) is 5.82. The molecule has 44 heavy (non-hydrogen) atoms. The lowest BCUT2D eigenvalue weighted by atomic mass is 10.1. The van der Waals surface area contributed by atoms with Crippen molar-refractivity contribution in [3.05, 3.63) is 110 Å². The van der Waals surface area contributed by atoms with Crippen LogP contribution in [0, 0.1) is 11.6 Å². The maximum Gasteiger partial charge on any atom is 0.343 e. The Labute approximate surface area is 260 Å². The van der Waals surface area contributed by atoms with E-state index in [1.807, 2.05) is 0 Å². The van der Waals surface area contributed by atoms with Gasteiger partial charge in [-0.2, -0.15) is 5.06 Å². The zero-order valence-corrected chi connectivity index (χ0v) is 25.4. The van der Waals surface area contributed by atoms with E-state index >= 15 is 0 Å². The topological polar surface area (TPSA) is 121 Å². The van der Waals surface area contributed by atoms with Crippen molar-refractivity contribution >= 4 is 45.7 Å². The summed E-state index contributed by atoms with van der Waals surface area (Å²) in [6.45, 7) is -0.212. The van der Waals surface area contributed by atoms with Crippen molar-refractivity contribution in [1.82, 2.24) is 14.5 Å². The first-order chi connectivity index (χ1) is 20.7. The number of anilines is 1. The van der Waals surface area contributed by atoms with Gasteiger partial charge in [0.05, 0.1) is 37.5 Å². The predicted molar refractivity (Wildman–Crippen MR) is 168 cm³/mol. The molecule has 0 radical (unpaired) electrons. The highest BCUT2D eigenvalue weighted by Gasteiger charge is 2.25. The molecule has 3 aromatic carbocycles. The number of benzene rings is 3. The molecule has 0 aliphatic heterocycles. The van der Waals surface area contributed by atoms with Crippen LogP contribution in [0.15, 0.2) is 76.3 Å². The van der Waals surface area contributed by atoms with Gasteiger partial charge in [-0.3, -0.25) is 14.2 Å². The largest absolute Gasteiger partial charge is 0.497 e. The number of nitrogens with zero attached hydrogens (tertiary/aromatic N) is 3. The van der Waals surface area contributed by atoms with Crippen molar-refractivity contribution in [2.75, 3.05) is 26.3 Å². The van der Waals surface area contributed by atoms with Gasteiger partial charge in [0.1, 0.15) is 22.2 Å². The average molecular weight is 644 g/mol. The molecule has 2 aromatic heterocycles. The number of hydrogen-bond acceptors (Lipinski definition) is 7. The molecule has 14 heteroatoms. The third-order valence-electron chi connectivity index (χ3n) is 6.88. The van der Waals surface area contributed by atoms with Crippen LogP contribution >= 0.6 is 23.7 Å². The van der Waals surface area contributed by atoms with E-state index in [4.69, 9.17) is 15.3 Å². The molecule has 0 aliphatic rings. The number of aromatic nitrogens is 2. The number of amides is 2. The van der Waals surface area contributed by atoms with Gasteiger partial charge in [0, 0.05) is 17.0 Å². The summed E-state index contributed by atoms with van der Waals surface area (Å²) in [5, 5.41) is 4.21. The Morgan fingerprint density at radius 1 is 0.977 bits per heavy atom. The van der Waals surface area contributed by atoms with Gasteiger partial charge in [-0.15, -0.1) is 23.7 Å². The Bertz CT molecular complexity index is 1920. The van der Waals surface area contributed by atoms with Crippen LogP contribution in [0.1, 0.15) is 11.1 Å². The number of nitrogens with one attached hydrogen (secondary N) is 1. The second kappa shape index (κ2) is 13.4. The van der Waals surface area contributed by atoms with Crippen molar-refractivity contribution in [3.63, 3.8) is 0 Å². The number of halogens is 3. The number of urea groups is 1. The van der Waals surface area contributed by atoms with Gasteiger partial charge in [0.15, 0.2) is 0 Å². The molecule has 0 bridgehead atoms. The maximum absolute atomic E-state index is 14.8. The van der Waals surface area contributed by atoms with Gasteiger partial charge in [0.25, 0.3) is 5.56 Å². The highest BCUT2D eigenvalue weighted by Crippen LogP contribution is 2.38. The van der Waals surface area contributed by atoms with Crippen molar-refractivity contribution in [3.8, 4) is 21.9 Å². The smallest absolute Gasteiger partial charge is 0.343 e. The van der Waals surface area contributed by atoms with E-state index in [0.29, 0.717) is 27.4 Å². The number of carbonyl (C=O) groups excluding carboxylic acids is 1. The minimum Gasteiger partial charge on any atom is -0.497 e. The molecular weight excluding hydrogens is 616 g/mol. The highest BCUT2D eigenvalue weighted by atomic mass is 35.5. The second-order valence-corrected chi connectivity index (χ2v) is 10.4. The van der Waals surface area contributed by atoms with Gasteiger partial charge in [-0.25, -0.2) is 22.9 Å². The van der Waals surface area contributed by atoms with Crippen LogP contribution in [0.25, 0.3) is 26.3 Å². The molecule has 5 aromatic rings. The first kappa shape index (κ1) is 32.4. The average Bonchev–Trinajstić information content (AvgIpc) is 3.37. The normalized spacial score (nSPS) is 10.9. The molecule has 0 atom stereocenters. The molecule has 5 rings (SSSR count). The summed E-state index contributed by atoms with van der Waals surface area (Å²) in [6, 6.07) is 15.7. The lowest BCUT2D eigenvalue weighted by Gasteiger charge is -2.17. The van der Waals surface area contributed by atoms with Crippen LogP contribution in [-0.4, -0.2) is 36.4 Å². The summed E-state index contributed by atoms with van der Waals surface area (Å²) in [5.74, 6) is -1.11. The van der Waals surface area contributed by atoms with Gasteiger partial charge in [-0.1, -0.05) is 18.2 Å². The van der Waals surface area contributed by atoms with E-state index in [9.17, 15) is 23.2 Å². The van der Waals surface area contributed by atoms with E-state index in [1.54, 1.807) is 55.6 Å². The van der Waals surface area contributed by atoms with Crippen LogP contribution in [0.5, 0.6) is 5.75 Å². The fourth-order valence-corrected chi connectivity index (χ4v) is 6.17. The molecule has 0 unspecified atom stereocenters. The second-order valence-electron chi connectivity index (χ2n) is 9.39. The van der Waals surface area contributed by atoms with Gasteiger partial charge in [-0.05, 0) is 66.7 Å². The zero-order valence-electron chi connectivity index (χ0n) is 23.8. The molecule has 0 spiro atoms. The zero-order chi connectivity index (χ0) is 30.8. The summed E-state index contributed by atoms with van der Waals surface area (Å²) in [6.07, 6.45) is 0. The number of hydrogen-bond donors (Lipinski definition) is 2. The maximum atomic E-state index is 14.8. The van der Waals surface area contributed by atoms with E-state index in [2.05, 4.69) is 5.32 Å². The standard InChI is InChI=1S/C30H27F2N5O5S.ClH/c1-34-15-21-25-27(38)36(18-11-13-20(41-2)14-12-18)30(40)35(16-22-23(31)5-4-6-24(22)32)28(25)43-26(21)17-7-9-19(10-8-17)37(42-3)29(33)39;/h4-14,34H,15-16H2,1-3H3,(H2,33,39);1H. The molecule has 10 nitrogen and oxygen atoms in total. The van der Waals surface area contributed by atoms with Crippen molar-refractivity contribution < 1.29 is 23.1 Å². The fourth-order valence-electron chi connectivity index (χ4n) is 4.86. The summed E-state index contributed by atoms with van der Waals surface area (Å²) < 4.78 is 37.1. The third-order valence-corrected chi connectivity index (χ3v) is 8.19. The molecule has 0 saturated carbocycles. The lowest BCUT2D eigenvalue weighted by molar-refractivity contribution is 0.168. The van der Waals surface area contributed by atoms with Gasteiger partial charge < -0.3 is 15.8 Å². The number of thiophene rings is 1. The predicted octanol–water partition coefficient (Wildman–Crippen LogP) is 4.80. The first-order valence-corrected chi connectivity index (χ1v) is 13.8. The Hall–Kier alpha value is -4.56. The summed E-state index contributed by atoms with van der Waals surface area (Å²) in [4.78, 5) is 45.8. The van der Waals surface area contributed by atoms with E-state index in [-0.39, 0.29) is 40.4 Å². The number of rotatable bonds is 9. The highest BCUT2D eigenvalue weighted by molar-refractivity contribution is 7.22. The number of fused-ring (bicyclic) bond motifs is 1. The minimum atomic E-state index is -0.817. The summed E-state index contributed by atoms with van der Waals surface area (Å²) in [5.41, 5.74) is 5.62. The van der Waals surface area contributed by atoms with Crippen LogP contribution < -0.4 is 32.1 Å². The van der Waals surface area contributed by atoms with Crippen LogP contribution in [0.4, 0.5) is 19.3 Å². The molecule has 0 saturated heterocycles. The monoisotopic (exact) mass is 643 g/mol. The van der Waals surface area contributed by atoms with Crippen LogP contribution in [-0.2, 0) is 17.9 Å². The molecule has 230 valence electrons. The number of ether oxygens (including phenoxy) is 1. The summed E-state index contributed by atoms with van der Waals surface area (Å²) in [7, 11) is 4.51. The minimum absolute atomic E-state index is 0. The number of primary amides is 1. The Morgan fingerprint density at radius 2 is 1.61 bits per heavy atom. The molecular formula is C30H28ClF2N5O5S. The number of carbonyl (C=O) groups is 1. The molecule has 2 heterocycles. The first-order valence-electron chi connectivity index (χ1n) is 13.0. The Balaban J connectivity index is 0.00000442. The van der Waals surface area contributed by atoms with E-state index < -0.39 is 35.5 Å². The van der Waals surface area contributed by atoms with Gasteiger partial charge >= 0.3 is 11.7 Å². The number of nitrogens with two attached hydrogens (primary N) is 1. The van der Waals surface area contributed by atoms with Crippen LogP contribution in [0.2, 0.25) is 0 Å². The molecule has 3 N–H and O–H groups in total. The molecule has 0 aliphatic carbocycles. The van der Waals surface area contributed by atoms with E-state index in [0.717, 1.165) is 33.1 Å². The Morgan fingerprint density at radius 3 is 2.16 bits per heavy atom. The lowest BCUT2D eigenvalue weighted by Crippen LogP contribution is -2.39. The van der Waals surface area contributed by atoms with Crippen molar-refractivity contribution in [1.29, 1.82) is 0 Å². The van der Waals surface area contributed by atoms with Crippen molar-refractivity contribution in [2.45, 2.75) is 13.1 Å². The number of hydroxylamine groups is 1. The molecule has 2 amide bonds. The number of methoxy groups -OCH3 is 1. The fraction of sp³-hybridized carbons (Fsp3) is 0.167. The SMILES string of the molecule is CNCc1c(-c2ccc(N(OC)C(N)=O)cc2)sc2c1c(=O)n(-c1ccc(OC)cc1)c(=O)n2Cc1c(F)cccc1F.Cl. The van der Waals surface area contributed by atoms with E-state index in [1.165, 1.54) is 24.9 Å².